The molecule has 1 saturated heterocycles. The van der Waals surface area contributed by atoms with Crippen molar-refractivity contribution in [3.8, 4) is 5.75 Å². The number of rotatable bonds is 6. The maximum atomic E-state index is 13.0. The lowest BCUT2D eigenvalue weighted by atomic mass is 10.0. The average molecular weight is 502 g/mol. The highest BCUT2D eigenvalue weighted by atomic mass is 16.5. The Kier molecular flexibility index (Phi) is 6.35. The number of nitrogens with one attached hydrogen (secondary N) is 1. The lowest BCUT2D eigenvalue weighted by Gasteiger charge is -2.32. The molecule has 2 aromatic heterocycles. The van der Waals surface area contributed by atoms with Gasteiger partial charge in [-0.25, -0.2) is 4.68 Å². The molecule has 0 unspecified atom stereocenters. The van der Waals surface area contributed by atoms with E-state index in [1.54, 1.807) is 11.8 Å². The molecule has 0 saturated carbocycles. The van der Waals surface area contributed by atoms with E-state index in [0.29, 0.717) is 18.8 Å². The van der Waals surface area contributed by atoms with E-state index in [9.17, 15) is 4.79 Å². The topological polar surface area (TPSA) is 99.3 Å². The van der Waals surface area contributed by atoms with Gasteiger partial charge in [0, 0.05) is 38.1 Å². The second kappa shape index (κ2) is 9.95. The predicted molar refractivity (Wildman–Crippen MR) is 137 cm³/mol. The highest BCUT2D eigenvalue weighted by Gasteiger charge is 2.28. The molecule has 2 aliphatic rings. The van der Waals surface area contributed by atoms with Gasteiger partial charge < -0.3 is 14.8 Å². The number of para-hydroxylation sites is 1. The molecule has 1 fully saturated rings. The van der Waals surface area contributed by atoms with Crippen molar-refractivity contribution in [2.45, 2.75) is 44.7 Å². The van der Waals surface area contributed by atoms with E-state index in [-0.39, 0.29) is 18.1 Å². The summed E-state index contributed by atoms with van der Waals surface area (Å²) in [5.74, 6) is 0.725. The summed E-state index contributed by atoms with van der Waals surface area (Å²) in [6.45, 7) is 3.64. The number of nitrogens with zero attached hydrogens (tertiary/aromatic N) is 6. The van der Waals surface area contributed by atoms with Gasteiger partial charge in [0.05, 0.1) is 31.5 Å². The molecule has 10 heteroatoms. The standard InChI is InChI=1S/C27H31N7O3/c1-32-23-6-4-3-5-21(23)26(30-32)27(35)28-19-11-13-33(14-12-19)15-22-24-17-37-25(16-34(24)31-29-22)18-7-9-20(36-2)10-8-18/h3-10,19,25H,11-17H2,1-2H3,(H,28,35)/t25-/m1/s1. The first-order chi connectivity index (χ1) is 18.1. The van der Waals surface area contributed by atoms with E-state index >= 15 is 0 Å². The Labute approximate surface area is 215 Å². The number of methoxy groups -OCH3 is 1. The fourth-order valence-corrected chi connectivity index (χ4v) is 5.29. The Balaban J connectivity index is 1.03. The summed E-state index contributed by atoms with van der Waals surface area (Å²) in [4.78, 5) is 15.3. The number of aromatic nitrogens is 5. The van der Waals surface area contributed by atoms with Crippen molar-refractivity contribution in [3.05, 3.63) is 71.2 Å². The zero-order chi connectivity index (χ0) is 25.4. The average Bonchev–Trinajstić information content (AvgIpc) is 3.50. The third-order valence-electron chi connectivity index (χ3n) is 7.43. The molecule has 10 nitrogen and oxygen atoms in total. The molecule has 192 valence electrons. The van der Waals surface area contributed by atoms with Crippen molar-refractivity contribution < 1.29 is 14.3 Å². The van der Waals surface area contributed by atoms with Gasteiger partial charge >= 0.3 is 0 Å². The van der Waals surface area contributed by atoms with Gasteiger partial charge in [-0.3, -0.25) is 14.4 Å². The molecule has 0 spiro atoms. The minimum Gasteiger partial charge on any atom is -0.497 e. The van der Waals surface area contributed by atoms with Crippen molar-refractivity contribution in [1.29, 1.82) is 0 Å². The minimum atomic E-state index is -0.105. The number of benzene rings is 2. The number of piperidine rings is 1. The largest absolute Gasteiger partial charge is 0.497 e. The van der Waals surface area contributed by atoms with Crippen LogP contribution in [0.1, 0.15) is 46.4 Å². The van der Waals surface area contributed by atoms with Crippen LogP contribution < -0.4 is 10.1 Å². The smallest absolute Gasteiger partial charge is 0.272 e. The van der Waals surface area contributed by atoms with Crippen molar-refractivity contribution >= 4 is 16.8 Å². The molecule has 4 aromatic rings. The molecule has 4 heterocycles. The highest BCUT2D eigenvalue weighted by Crippen LogP contribution is 2.29. The van der Waals surface area contributed by atoms with Crippen molar-refractivity contribution in [1.82, 2.24) is 35.0 Å². The number of fused-ring (bicyclic) bond motifs is 2. The number of ether oxygens (including phenoxy) is 2. The van der Waals surface area contributed by atoms with E-state index in [4.69, 9.17) is 9.47 Å². The second-order valence-electron chi connectivity index (χ2n) is 9.75. The van der Waals surface area contributed by atoms with Crippen LogP contribution in [0.2, 0.25) is 0 Å². The quantitative estimate of drug-likeness (QED) is 0.434. The maximum absolute atomic E-state index is 13.0. The predicted octanol–water partition coefficient (Wildman–Crippen LogP) is 2.84. The number of carbonyl (C=O) groups is 1. The zero-order valence-electron chi connectivity index (χ0n) is 21.1. The molecule has 1 N–H and O–H groups in total. The first-order valence-electron chi connectivity index (χ1n) is 12.7. The molecular formula is C27H31N7O3. The summed E-state index contributed by atoms with van der Waals surface area (Å²) in [5, 5.41) is 17.4. The van der Waals surface area contributed by atoms with Gasteiger partial charge in [-0.2, -0.15) is 5.10 Å². The third kappa shape index (κ3) is 4.70. The normalized spacial score (nSPS) is 18.6. The SMILES string of the molecule is COc1ccc([C@H]2Cn3nnc(CN4CCC(NC(=O)c5nn(C)c6ccccc56)CC4)c3CO2)cc1. The molecule has 0 radical (unpaired) electrons. The van der Waals surface area contributed by atoms with Crippen LogP contribution in [0.15, 0.2) is 48.5 Å². The van der Waals surface area contributed by atoms with E-state index < -0.39 is 0 Å². The van der Waals surface area contributed by atoms with Crippen LogP contribution in [0.4, 0.5) is 0 Å². The summed E-state index contributed by atoms with van der Waals surface area (Å²) in [5.41, 5.74) is 4.56. The molecule has 0 bridgehead atoms. The zero-order valence-corrected chi connectivity index (χ0v) is 21.1. The molecule has 0 aliphatic carbocycles. The van der Waals surface area contributed by atoms with Crippen molar-refractivity contribution in [2.24, 2.45) is 7.05 Å². The first-order valence-corrected chi connectivity index (χ1v) is 12.7. The van der Waals surface area contributed by atoms with Gasteiger partial charge in [0.15, 0.2) is 5.69 Å². The second-order valence-corrected chi connectivity index (χ2v) is 9.75. The van der Waals surface area contributed by atoms with E-state index in [0.717, 1.165) is 66.1 Å². The number of hydrogen-bond acceptors (Lipinski definition) is 7. The van der Waals surface area contributed by atoms with Gasteiger partial charge in [-0.05, 0) is 36.6 Å². The number of hydrogen-bond donors (Lipinski definition) is 1. The maximum Gasteiger partial charge on any atom is 0.272 e. The Morgan fingerprint density at radius 1 is 1.14 bits per heavy atom. The number of aryl methyl sites for hydroxylation is 1. The van der Waals surface area contributed by atoms with Gasteiger partial charge in [-0.1, -0.05) is 35.5 Å². The number of likely N-dealkylation sites (tertiary alicyclic amines) is 1. The van der Waals surface area contributed by atoms with E-state index in [2.05, 4.69) is 25.6 Å². The summed E-state index contributed by atoms with van der Waals surface area (Å²) in [6.07, 6.45) is 1.72. The van der Waals surface area contributed by atoms with Crippen LogP contribution in [0.25, 0.3) is 10.9 Å². The fraction of sp³-hybridized carbons (Fsp3) is 0.407. The van der Waals surface area contributed by atoms with Crippen LogP contribution in [0, 0.1) is 0 Å². The molecule has 6 rings (SSSR count). The lowest BCUT2D eigenvalue weighted by molar-refractivity contribution is -0.00218. The van der Waals surface area contributed by atoms with Crippen LogP contribution in [0.3, 0.4) is 0 Å². The summed E-state index contributed by atoms with van der Waals surface area (Å²) in [7, 11) is 3.53. The Morgan fingerprint density at radius 2 is 1.92 bits per heavy atom. The monoisotopic (exact) mass is 501 g/mol. The summed E-state index contributed by atoms with van der Waals surface area (Å²) >= 11 is 0. The Morgan fingerprint density at radius 3 is 2.70 bits per heavy atom. The molecule has 1 atom stereocenters. The highest BCUT2D eigenvalue weighted by molar-refractivity contribution is 6.04. The van der Waals surface area contributed by atoms with Crippen LogP contribution in [0.5, 0.6) is 5.75 Å². The number of amides is 1. The van der Waals surface area contributed by atoms with Crippen molar-refractivity contribution in [2.75, 3.05) is 20.2 Å². The van der Waals surface area contributed by atoms with Gasteiger partial charge in [0.1, 0.15) is 17.5 Å². The molecule has 1 amide bonds. The Hall–Kier alpha value is -3.76. The van der Waals surface area contributed by atoms with Gasteiger partial charge in [0.25, 0.3) is 5.91 Å². The summed E-state index contributed by atoms with van der Waals surface area (Å²) in [6, 6.07) is 15.9. The van der Waals surface area contributed by atoms with Crippen LogP contribution >= 0.6 is 0 Å². The fourth-order valence-electron chi connectivity index (χ4n) is 5.29. The van der Waals surface area contributed by atoms with Crippen LogP contribution in [-0.4, -0.2) is 61.8 Å². The molecule has 37 heavy (non-hydrogen) atoms. The van der Waals surface area contributed by atoms with Crippen LogP contribution in [-0.2, 0) is 31.5 Å². The number of carbonyl (C=O) groups excluding carboxylic acids is 1. The first kappa shape index (κ1) is 23.6. The molecular weight excluding hydrogens is 470 g/mol. The lowest BCUT2D eigenvalue weighted by Crippen LogP contribution is -2.44. The van der Waals surface area contributed by atoms with Gasteiger partial charge in [0.2, 0.25) is 0 Å². The molecule has 2 aliphatic heterocycles. The Bertz CT molecular complexity index is 1400. The third-order valence-corrected chi connectivity index (χ3v) is 7.43. The molecule has 2 aromatic carbocycles. The van der Waals surface area contributed by atoms with Crippen molar-refractivity contribution in [3.63, 3.8) is 0 Å². The van der Waals surface area contributed by atoms with Gasteiger partial charge in [-0.15, -0.1) is 5.10 Å². The van der Waals surface area contributed by atoms with E-state index in [1.807, 2.05) is 60.3 Å². The minimum absolute atomic E-state index is 0.0523. The van der Waals surface area contributed by atoms with E-state index in [1.165, 1.54) is 0 Å². The summed E-state index contributed by atoms with van der Waals surface area (Å²) < 4.78 is 15.2.